The first kappa shape index (κ1) is 18.2. The maximum absolute atomic E-state index is 12.7. The van der Waals surface area contributed by atoms with Crippen LogP contribution in [0.3, 0.4) is 0 Å². The Kier molecular flexibility index (Phi) is 5.71. The van der Waals surface area contributed by atoms with Crippen LogP contribution in [0.5, 0.6) is 0 Å². The molecule has 0 spiro atoms. The zero-order chi connectivity index (χ0) is 18.5. The Balaban J connectivity index is 1.85. The first-order valence-corrected chi connectivity index (χ1v) is 9.10. The molecule has 0 aliphatic carbocycles. The number of hydrogen-bond acceptors (Lipinski definition) is 4. The molecule has 5 heteroatoms. The fourth-order valence-corrected chi connectivity index (χ4v) is 3.56. The largest absolute Gasteiger partial charge is 0.392 e. The number of carbonyl (C=O) groups excluding carboxylic acids is 1. The van der Waals surface area contributed by atoms with Crippen LogP contribution in [-0.4, -0.2) is 16.0 Å². The summed E-state index contributed by atoms with van der Waals surface area (Å²) in [6, 6.07) is 16.9. The summed E-state index contributed by atoms with van der Waals surface area (Å²) in [5, 5.41) is 12.8. The zero-order valence-corrected chi connectivity index (χ0v) is 15.5. The third-order valence-electron chi connectivity index (χ3n) is 3.92. The molecule has 2 aromatic carbocycles. The number of nitrogens with one attached hydrogen (secondary N) is 1. The molecule has 0 aliphatic heterocycles. The van der Waals surface area contributed by atoms with Gasteiger partial charge in [0.25, 0.3) is 5.91 Å². The second-order valence-corrected chi connectivity index (χ2v) is 7.07. The average Bonchev–Trinajstić information content (AvgIpc) is 2.64. The van der Waals surface area contributed by atoms with Crippen LogP contribution in [-0.2, 0) is 6.61 Å². The second kappa shape index (κ2) is 8.17. The zero-order valence-electron chi connectivity index (χ0n) is 14.7. The molecule has 132 valence electrons. The summed E-state index contributed by atoms with van der Waals surface area (Å²) < 4.78 is 0. The van der Waals surface area contributed by atoms with Gasteiger partial charge in [-0.25, -0.2) is 4.98 Å². The number of anilines is 1. The van der Waals surface area contributed by atoms with Crippen molar-refractivity contribution < 1.29 is 9.90 Å². The number of hydrogen-bond donors (Lipinski definition) is 2. The van der Waals surface area contributed by atoms with Gasteiger partial charge < -0.3 is 10.4 Å². The number of amides is 1. The van der Waals surface area contributed by atoms with Gasteiger partial charge in [0.2, 0.25) is 0 Å². The second-order valence-electron chi connectivity index (χ2n) is 6.04. The van der Waals surface area contributed by atoms with Crippen molar-refractivity contribution in [3.05, 3.63) is 83.0 Å². The highest BCUT2D eigenvalue weighted by atomic mass is 32.2. The Hall–Kier alpha value is -2.63. The van der Waals surface area contributed by atoms with E-state index >= 15 is 0 Å². The first-order chi connectivity index (χ1) is 12.6. The van der Waals surface area contributed by atoms with Crippen LogP contribution >= 0.6 is 11.8 Å². The van der Waals surface area contributed by atoms with Crippen molar-refractivity contribution in [2.24, 2.45) is 0 Å². The van der Waals surface area contributed by atoms with E-state index in [1.807, 2.05) is 0 Å². The molecule has 0 unspecified atom stereocenters. The van der Waals surface area contributed by atoms with E-state index in [9.17, 15) is 9.90 Å². The van der Waals surface area contributed by atoms with E-state index in [-0.39, 0.29) is 12.5 Å². The lowest BCUT2D eigenvalue weighted by Crippen LogP contribution is -2.13. The van der Waals surface area contributed by atoms with Crippen LogP contribution in [0, 0.1) is 13.8 Å². The molecule has 1 heterocycles. The molecular formula is C21H20N2O2S. The monoisotopic (exact) mass is 364 g/mol. The van der Waals surface area contributed by atoms with Crippen molar-refractivity contribution in [2.75, 3.05) is 5.32 Å². The van der Waals surface area contributed by atoms with E-state index in [1.54, 1.807) is 42.6 Å². The van der Waals surface area contributed by atoms with Crippen LogP contribution in [0.25, 0.3) is 0 Å². The van der Waals surface area contributed by atoms with E-state index in [1.165, 1.54) is 17.3 Å². The molecule has 1 aromatic heterocycles. The minimum atomic E-state index is -0.222. The van der Waals surface area contributed by atoms with Gasteiger partial charge in [-0.15, -0.1) is 0 Å². The third-order valence-corrected chi connectivity index (χ3v) is 5.12. The summed E-state index contributed by atoms with van der Waals surface area (Å²) >= 11 is 1.48. The number of aromatic nitrogens is 1. The van der Waals surface area contributed by atoms with E-state index < -0.39 is 0 Å². The van der Waals surface area contributed by atoms with Crippen molar-refractivity contribution in [2.45, 2.75) is 30.4 Å². The average molecular weight is 364 g/mol. The minimum Gasteiger partial charge on any atom is -0.392 e. The van der Waals surface area contributed by atoms with Gasteiger partial charge in [-0.05, 0) is 55.3 Å². The SMILES string of the molecule is Cc1ccc(Sc2ncccc2C(=O)Nc2cccc(CO)c2)c(C)c1. The number of aliphatic hydroxyl groups excluding tert-OH is 1. The molecule has 2 N–H and O–H groups in total. The fourth-order valence-electron chi connectivity index (χ4n) is 2.61. The summed E-state index contributed by atoms with van der Waals surface area (Å²) in [7, 11) is 0. The normalized spacial score (nSPS) is 10.6. The Morgan fingerprint density at radius 2 is 1.96 bits per heavy atom. The molecule has 1 amide bonds. The number of aryl methyl sites for hydroxylation is 2. The summed E-state index contributed by atoms with van der Waals surface area (Å²) in [5.74, 6) is -0.222. The van der Waals surface area contributed by atoms with Crippen LogP contribution < -0.4 is 5.32 Å². The van der Waals surface area contributed by atoms with Gasteiger partial charge in [0.05, 0.1) is 12.2 Å². The van der Waals surface area contributed by atoms with E-state index in [0.717, 1.165) is 16.0 Å². The van der Waals surface area contributed by atoms with Crippen molar-refractivity contribution in [1.29, 1.82) is 0 Å². The highest BCUT2D eigenvalue weighted by Gasteiger charge is 2.14. The van der Waals surface area contributed by atoms with Gasteiger partial charge in [0.15, 0.2) is 0 Å². The predicted octanol–water partition coefficient (Wildman–Crippen LogP) is 4.59. The molecule has 0 bridgehead atoms. The Labute approximate surface area is 157 Å². The summed E-state index contributed by atoms with van der Waals surface area (Å²) in [6.45, 7) is 4.05. The quantitative estimate of drug-likeness (QED) is 0.695. The first-order valence-electron chi connectivity index (χ1n) is 8.28. The van der Waals surface area contributed by atoms with Gasteiger partial charge in [-0.1, -0.05) is 41.6 Å². The molecule has 0 radical (unpaired) electrons. The highest BCUT2D eigenvalue weighted by Crippen LogP contribution is 2.31. The van der Waals surface area contributed by atoms with Gasteiger partial charge in [-0.2, -0.15) is 0 Å². The topological polar surface area (TPSA) is 62.2 Å². The number of carbonyl (C=O) groups is 1. The van der Waals surface area contributed by atoms with E-state index in [4.69, 9.17) is 0 Å². The number of pyridine rings is 1. The molecular weight excluding hydrogens is 344 g/mol. The number of benzene rings is 2. The van der Waals surface area contributed by atoms with Gasteiger partial charge in [0, 0.05) is 16.8 Å². The predicted molar refractivity (Wildman–Crippen MR) is 105 cm³/mol. The molecule has 0 atom stereocenters. The lowest BCUT2D eigenvalue weighted by atomic mass is 10.2. The Bertz CT molecular complexity index is 941. The Morgan fingerprint density at radius 3 is 2.73 bits per heavy atom. The molecule has 0 saturated heterocycles. The number of rotatable bonds is 5. The number of aliphatic hydroxyl groups is 1. The maximum Gasteiger partial charge on any atom is 0.258 e. The molecule has 4 nitrogen and oxygen atoms in total. The van der Waals surface area contributed by atoms with Crippen LogP contribution in [0.1, 0.15) is 27.0 Å². The third kappa shape index (κ3) is 4.31. The highest BCUT2D eigenvalue weighted by molar-refractivity contribution is 7.99. The molecule has 0 fully saturated rings. The van der Waals surface area contributed by atoms with E-state index in [2.05, 4.69) is 42.3 Å². The Morgan fingerprint density at radius 1 is 1.12 bits per heavy atom. The van der Waals surface area contributed by atoms with Crippen LogP contribution in [0.4, 0.5) is 5.69 Å². The van der Waals surface area contributed by atoms with Crippen molar-refractivity contribution in [3.63, 3.8) is 0 Å². The van der Waals surface area contributed by atoms with Crippen molar-refractivity contribution >= 4 is 23.4 Å². The fraction of sp³-hybridized carbons (Fsp3) is 0.143. The summed E-state index contributed by atoms with van der Waals surface area (Å²) in [4.78, 5) is 18.2. The van der Waals surface area contributed by atoms with Crippen LogP contribution in [0.2, 0.25) is 0 Å². The lowest BCUT2D eigenvalue weighted by molar-refractivity contribution is 0.102. The molecule has 3 rings (SSSR count). The van der Waals surface area contributed by atoms with Gasteiger partial charge >= 0.3 is 0 Å². The summed E-state index contributed by atoms with van der Waals surface area (Å²) in [5.41, 5.74) is 4.27. The molecule has 3 aromatic rings. The molecule has 0 aliphatic rings. The lowest BCUT2D eigenvalue weighted by Gasteiger charge is -2.11. The van der Waals surface area contributed by atoms with Crippen molar-refractivity contribution in [3.8, 4) is 0 Å². The standard InChI is InChI=1S/C21H20N2O2S/c1-14-8-9-19(15(2)11-14)26-21-18(7-4-10-22-21)20(25)23-17-6-3-5-16(12-17)13-24/h3-12,24H,13H2,1-2H3,(H,23,25). The van der Waals surface area contributed by atoms with E-state index in [0.29, 0.717) is 16.3 Å². The maximum atomic E-state index is 12.7. The minimum absolute atomic E-state index is 0.0651. The van der Waals surface area contributed by atoms with Crippen molar-refractivity contribution in [1.82, 2.24) is 4.98 Å². The van der Waals surface area contributed by atoms with Gasteiger partial charge in [0.1, 0.15) is 5.03 Å². The molecule has 26 heavy (non-hydrogen) atoms. The smallest absolute Gasteiger partial charge is 0.258 e. The van der Waals surface area contributed by atoms with Crippen LogP contribution in [0.15, 0.2) is 70.7 Å². The van der Waals surface area contributed by atoms with Gasteiger partial charge in [-0.3, -0.25) is 4.79 Å². The number of nitrogens with zero attached hydrogens (tertiary/aromatic N) is 1. The summed E-state index contributed by atoms with van der Waals surface area (Å²) in [6.07, 6.45) is 1.69. The molecule has 0 saturated carbocycles.